The number of nitrogens with zero attached hydrogens (tertiary/aromatic N) is 5. The van der Waals surface area contributed by atoms with E-state index in [0.29, 0.717) is 53.1 Å². The Balaban J connectivity index is 0.877. The van der Waals surface area contributed by atoms with Crippen molar-refractivity contribution in [3.8, 4) is 11.3 Å². The number of aromatic nitrogens is 5. The van der Waals surface area contributed by atoms with Crippen LogP contribution in [0.4, 0.5) is 10.1 Å². The maximum atomic E-state index is 13.4. The highest BCUT2D eigenvalue weighted by Crippen LogP contribution is 2.28. The first-order valence-electron chi connectivity index (χ1n) is 18.6. The van der Waals surface area contributed by atoms with Crippen LogP contribution in [0, 0.1) is 0 Å². The SMILES string of the molecule is CNc1cc(-c2cccc(C(=O)NCCCCCCCCc3cccc4c3n(C)c(=O)n4C3CCC(=O)NC3=O)c2)nn2c(C(=O)N[C@@H]3C[C@@H]3F)cnc12. The summed E-state index contributed by atoms with van der Waals surface area (Å²) in [6.07, 6.45) is 7.89. The minimum atomic E-state index is -1.03. The van der Waals surface area contributed by atoms with Crippen LogP contribution < -0.4 is 27.0 Å². The molecule has 1 aliphatic heterocycles. The molecule has 2 fully saturated rings. The molecule has 282 valence electrons. The molecule has 1 saturated carbocycles. The number of para-hydroxylation sites is 1. The summed E-state index contributed by atoms with van der Waals surface area (Å²) in [5.41, 5.74) is 5.36. The van der Waals surface area contributed by atoms with Crippen LogP contribution in [0.25, 0.3) is 27.9 Å². The van der Waals surface area contributed by atoms with E-state index >= 15 is 0 Å². The number of carbonyl (C=O) groups excluding carboxylic acids is 4. The Labute approximate surface area is 310 Å². The van der Waals surface area contributed by atoms with Gasteiger partial charge in [-0.25, -0.2) is 18.7 Å². The van der Waals surface area contributed by atoms with Crippen molar-refractivity contribution in [1.82, 2.24) is 39.7 Å². The molecule has 5 aromatic rings. The quantitative estimate of drug-likeness (QED) is 0.0913. The number of imidazole rings is 2. The average molecular weight is 738 g/mol. The van der Waals surface area contributed by atoms with Crippen LogP contribution in [0.3, 0.4) is 0 Å². The summed E-state index contributed by atoms with van der Waals surface area (Å²) in [6.45, 7) is 0.547. The van der Waals surface area contributed by atoms with E-state index in [4.69, 9.17) is 0 Å². The first-order chi connectivity index (χ1) is 26.1. The lowest BCUT2D eigenvalue weighted by Crippen LogP contribution is -2.44. The highest BCUT2D eigenvalue weighted by molar-refractivity contribution is 6.00. The fraction of sp³-hybridized carbons (Fsp3) is 0.410. The van der Waals surface area contributed by atoms with Crippen molar-refractivity contribution < 1.29 is 23.6 Å². The summed E-state index contributed by atoms with van der Waals surface area (Å²) < 4.78 is 18.0. The maximum absolute atomic E-state index is 13.4. The highest BCUT2D eigenvalue weighted by atomic mass is 19.1. The number of piperidine rings is 1. The number of fused-ring (bicyclic) bond motifs is 2. The second-order valence-electron chi connectivity index (χ2n) is 14.1. The molecular formula is C39H44FN9O5. The van der Waals surface area contributed by atoms with Crippen molar-refractivity contribution in [3.63, 3.8) is 0 Å². The number of aryl methyl sites for hydroxylation is 2. The molecule has 7 rings (SSSR count). The molecule has 1 aliphatic carbocycles. The normalized spacial score (nSPS) is 18.2. The van der Waals surface area contributed by atoms with E-state index in [-0.39, 0.29) is 29.6 Å². The Hall–Kier alpha value is -5.86. The summed E-state index contributed by atoms with van der Waals surface area (Å²) in [7, 11) is 3.47. The van der Waals surface area contributed by atoms with Crippen molar-refractivity contribution in [3.05, 3.63) is 82.0 Å². The van der Waals surface area contributed by atoms with Gasteiger partial charge in [0, 0.05) is 44.6 Å². The van der Waals surface area contributed by atoms with Crippen LogP contribution in [-0.4, -0.2) is 73.2 Å². The van der Waals surface area contributed by atoms with E-state index in [1.54, 1.807) is 36.9 Å². The summed E-state index contributed by atoms with van der Waals surface area (Å²) >= 11 is 0. The molecule has 2 aliphatic rings. The monoisotopic (exact) mass is 737 g/mol. The number of rotatable bonds is 15. The van der Waals surface area contributed by atoms with E-state index in [9.17, 15) is 28.4 Å². The number of imide groups is 1. The molecule has 1 unspecified atom stereocenters. The molecular weight excluding hydrogens is 693 g/mol. The summed E-state index contributed by atoms with van der Waals surface area (Å²) in [4.78, 5) is 67.6. The third-order valence-electron chi connectivity index (χ3n) is 10.3. The van der Waals surface area contributed by atoms with E-state index in [1.165, 1.54) is 15.3 Å². The lowest BCUT2D eigenvalue weighted by Gasteiger charge is -2.21. The summed E-state index contributed by atoms with van der Waals surface area (Å²) in [5.74, 6) is -1.38. The average Bonchev–Trinajstić information content (AvgIpc) is 3.57. The number of halogens is 1. The Morgan fingerprint density at radius 3 is 2.50 bits per heavy atom. The lowest BCUT2D eigenvalue weighted by molar-refractivity contribution is -0.135. The first kappa shape index (κ1) is 36.5. The van der Waals surface area contributed by atoms with Gasteiger partial charge in [0.05, 0.1) is 34.7 Å². The number of anilines is 1. The number of carbonyl (C=O) groups is 4. The van der Waals surface area contributed by atoms with Crippen LogP contribution >= 0.6 is 0 Å². The van der Waals surface area contributed by atoms with E-state index in [0.717, 1.165) is 56.0 Å². The van der Waals surface area contributed by atoms with E-state index < -0.39 is 30.1 Å². The standard InChI is InChI=1S/C39H44FN9O5/c1-41-29-21-27(46-49-32(22-43-35(29)49)38(53)44-28-20-26(28)40)24-13-9-14-25(19-24)36(51)42-18-8-6-4-3-5-7-11-23-12-10-15-30-34(23)47(2)39(54)48(30)31-16-17-33(50)45-37(31)52/h9-10,12-15,19,21-22,26,28,31,41H,3-8,11,16-18,20H2,1-2H3,(H,42,51)(H,44,53)(H,45,50,52)/t26-,28+,31?/m0/s1. The molecule has 4 N–H and O–H groups in total. The van der Waals surface area contributed by atoms with Gasteiger partial charge in [0.2, 0.25) is 11.8 Å². The zero-order chi connectivity index (χ0) is 37.9. The van der Waals surface area contributed by atoms with Crippen molar-refractivity contribution in [2.24, 2.45) is 7.05 Å². The van der Waals surface area contributed by atoms with Gasteiger partial charge in [-0.05, 0) is 55.5 Å². The number of nitrogens with one attached hydrogen (secondary N) is 4. The van der Waals surface area contributed by atoms with Gasteiger partial charge >= 0.3 is 5.69 Å². The number of hydrogen-bond acceptors (Lipinski definition) is 8. The molecule has 2 aromatic carbocycles. The van der Waals surface area contributed by atoms with Gasteiger partial charge in [0.15, 0.2) is 11.3 Å². The van der Waals surface area contributed by atoms with Crippen LogP contribution in [0.5, 0.6) is 0 Å². The van der Waals surface area contributed by atoms with Crippen LogP contribution in [0.2, 0.25) is 0 Å². The molecule has 1 saturated heterocycles. The molecule has 0 bridgehead atoms. The number of alkyl halides is 1. The van der Waals surface area contributed by atoms with Crippen molar-refractivity contribution in [1.29, 1.82) is 0 Å². The van der Waals surface area contributed by atoms with Gasteiger partial charge < -0.3 is 16.0 Å². The summed E-state index contributed by atoms with van der Waals surface area (Å²) in [6, 6.07) is 13.6. The highest BCUT2D eigenvalue weighted by Gasteiger charge is 2.39. The van der Waals surface area contributed by atoms with Gasteiger partial charge in [-0.1, -0.05) is 49.9 Å². The molecule has 4 heterocycles. The number of hydrogen-bond donors (Lipinski definition) is 4. The number of unbranched alkanes of at least 4 members (excludes halogenated alkanes) is 5. The predicted molar refractivity (Wildman–Crippen MR) is 201 cm³/mol. The Bertz CT molecular complexity index is 2310. The first-order valence-corrected chi connectivity index (χ1v) is 18.6. The molecule has 0 radical (unpaired) electrons. The third-order valence-corrected chi connectivity index (χ3v) is 10.3. The van der Waals surface area contributed by atoms with Crippen LogP contribution in [-0.2, 0) is 23.1 Å². The molecule has 14 nitrogen and oxygen atoms in total. The third kappa shape index (κ3) is 7.48. The largest absolute Gasteiger partial charge is 0.385 e. The second-order valence-corrected chi connectivity index (χ2v) is 14.1. The Kier molecular flexibility index (Phi) is 10.6. The minimum Gasteiger partial charge on any atom is -0.385 e. The fourth-order valence-corrected chi connectivity index (χ4v) is 7.23. The van der Waals surface area contributed by atoms with Gasteiger partial charge in [-0.2, -0.15) is 5.10 Å². The Morgan fingerprint density at radius 2 is 1.74 bits per heavy atom. The van der Waals surface area contributed by atoms with E-state index in [1.807, 2.05) is 30.3 Å². The molecule has 3 aromatic heterocycles. The Morgan fingerprint density at radius 1 is 0.981 bits per heavy atom. The van der Waals surface area contributed by atoms with E-state index in [2.05, 4.69) is 31.3 Å². The van der Waals surface area contributed by atoms with Crippen LogP contribution in [0.1, 0.15) is 90.2 Å². The van der Waals surface area contributed by atoms with Gasteiger partial charge in [-0.15, -0.1) is 0 Å². The van der Waals surface area contributed by atoms with Crippen molar-refractivity contribution in [2.75, 3.05) is 18.9 Å². The van der Waals surface area contributed by atoms with Gasteiger partial charge in [0.1, 0.15) is 12.2 Å². The maximum Gasteiger partial charge on any atom is 0.329 e. The van der Waals surface area contributed by atoms with Gasteiger partial charge in [-0.3, -0.25) is 33.6 Å². The smallest absolute Gasteiger partial charge is 0.329 e. The van der Waals surface area contributed by atoms with Crippen LogP contribution in [0.15, 0.2) is 59.5 Å². The summed E-state index contributed by atoms with van der Waals surface area (Å²) in [5, 5.41) is 15.8. The molecule has 15 heteroatoms. The van der Waals surface area contributed by atoms with Gasteiger partial charge in [0.25, 0.3) is 11.8 Å². The molecule has 4 amide bonds. The van der Waals surface area contributed by atoms with Crippen molar-refractivity contribution >= 4 is 46.0 Å². The number of amides is 4. The number of benzene rings is 2. The molecule has 3 atom stereocenters. The van der Waals surface area contributed by atoms with Crippen molar-refractivity contribution in [2.45, 2.75) is 82.5 Å². The predicted octanol–water partition coefficient (Wildman–Crippen LogP) is 4.22. The molecule has 0 spiro atoms. The topological polar surface area (TPSA) is 174 Å². The molecule has 54 heavy (non-hydrogen) atoms. The minimum absolute atomic E-state index is 0.185. The zero-order valence-corrected chi connectivity index (χ0v) is 30.4. The fourth-order valence-electron chi connectivity index (χ4n) is 7.23. The zero-order valence-electron chi connectivity index (χ0n) is 30.4. The lowest BCUT2D eigenvalue weighted by atomic mass is 10.0. The second kappa shape index (κ2) is 15.6.